The molecule has 0 aromatic heterocycles. The molecule has 1 amide bonds. The molecule has 0 saturated heterocycles. The van der Waals surface area contributed by atoms with Crippen molar-refractivity contribution < 1.29 is 13.6 Å². The number of carbonyl (C=O) groups excluding carboxylic acids is 1. The van der Waals surface area contributed by atoms with E-state index in [2.05, 4.69) is 0 Å². The minimum absolute atomic E-state index is 0.0354. The van der Waals surface area contributed by atoms with Gasteiger partial charge in [-0.25, -0.2) is 8.78 Å². The van der Waals surface area contributed by atoms with Crippen LogP contribution < -0.4 is 10.6 Å². The number of carbonyl (C=O) groups is 1. The monoisotopic (exact) mass is 276 g/mol. The third-order valence-corrected chi connectivity index (χ3v) is 2.85. The highest BCUT2D eigenvalue weighted by molar-refractivity contribution is 6.06. The molecule has 0 atom stereocenters. The number of hydrogen-bond donors (Lipinski definition) is 1. The molecule has 0 heterocycles. The van der Waals surface area contributed by atoms with Crippen molar-refractivity contribution in [2.45, 2.75) is 6.92 Å². The Morgan fingerprint density at radius 3 is 2.35 bits per heavy atom. The Labute approximate surface area is 115 Å². The van der Waals surface area contributed by atoms with Crippen LogP contribution in [0.25, 0.3) is 0 Å². The van der Waals surface area contributed by atoms with E-state index in [1.54, 1.807) is 31.2 Å². The van der Waals surface area contributed by atoms with Gasteiger partial charge in [-0.3, -0.25) is 4.79 Å². The lowest BCUT2D eigenvalue weighted by molar-refractivity contribution is 0.0987. The van der Waals surface area contributed by atoms with Crippen LogP contribution in [0.3, 0.4) is 0 Å². The zero-order chi connectivity index (χ0) is 14.7. The van der Waals surface area contributed by atoms with Gasteiger partial charge in [-0.2, -0.15) is 0 Å². The largest absolute Gasteiger partial charge is 0.399 e. The van der Waals surface area contributed by atoms with Gasteiger partial charge >= 0.3 is 0 Å². The van der Waals surface area contributed by atoms with Crippen LogP contribution in [-0.4, -0.2) is 12.5 Å². The summed E-state index contributed by atoms with van der Waals surface area (Å²) in [4.78, 5) is 13.8. The summed E-state index contributed by atoms with van der Waals surface area (Å²) in [5, 5.41) is 0. The number of hydrogen-bond acceptors (Lipinski definition) is 2. The van der Waals surface area contributed by atoms with E-state index in [-0.39, 0.29) is 5.56 Å². The maximum atomic E-state index is 13.2. The van der Waals surface area contributed by atoms with E-state index in [1.807, 2.05) is 0 Å². The molecule has 0 spiro atoms. The molecule has 20 heavy (non-hydrogen) atoms. The van der Waals surface area contributed by atoms with Crippen molar-refractivity contribution in [2.75, 3.05) is 17.2 Å². The van der Waals surface area contributed by atoms with Crippen LogP contribution in [0.4, 0.5) is 20.2 Å². The SMILES string of the molecule is CCN(C(=O)c1cc(F)cc(F)c1)c1cccc(N)c1. The van der Waals surface area contributed by atoms with Gasteiger partial charge in [0, 0.05) is 29.5 Å². The summed E-state index contributed by atoms with van der Waals surface area (Å²) in [6.07, 6.45) is 0. The Balaban J connectivity index is 2.38. The molecule has 2 N–H and O–H groups in total. The van der Waals surface area contributed by atoms with Gasteiger partial charge in [0.15, 0.2) is 0 Å². The Morgan fingerprint density at radius 1 is 1.15 bits per heavy atom. The fourth-order valence-corrected chi connectivity index (χ4v) is 1.97. The fourth-order valence-electron chi connectivity index (χ4n) is 1.97. The number of anilines is 2. The first-order valence-electron chi connectivity index (χ1n) is 6.14. The fraction of sp³-hybridized carbons (Fsp3) is 0.133. The van der Waals surface area contributed by atoms with E-state index in [4.69, 9.17) is 5.73 Å². The molecule has 5 heteroatoms. The van der Waals surface area contributed by atoms with Crippen LogP contribution >= 0.6 is 0 Å². The van der Waals surface area contributed by atoms with Gasteiger partial charge in [0.1, 0.15) is 11.6 Å². The molecule has 0 aliphatic carbocycles. The quantitative estimate of drug-likeness (QED) is 0.875. The first kappa shape index (κ1) is 14.0. The van der Waals surface area contributed by atoms with E-state index < -0.39 is 17.5 Å². The highest BCUT2D eigenvalue weighted by atomic mass is 19.1. The first-order valence-corrected chi connectivity index (χ1v) is 6.14. The number of rotatable bonds is 3. The van der Waals surface area contributed by atoms with Crippen LogP contribution in [-0.2, 0) is 0 Å². The Bertz CT molecular complexity index is 623. The van der Waals surface area contributed by atoms with Gasteiger partial charge in [0.2, 0.25) is 0 Å². The number of nitrogen functional groups attached to an aromatic ring is 1. The second kappa shape index (κ2) is 5.69. The third kappa shape index (κ3) is 2.93. The summed E-state index contributed by atoms with van der Waals surface area (Å²) in [5.74, 6) is -2.04. The molecule has 0 bridgehead atoms. The Hall–Kier alpha value is -2.43. The maximum Gasteiger partial charge on any atom is 0.258 e. The van der Waals surface area contributed by atoms with E-state index in [1.165, 1.54) is 4.90 Å². The van der Waals surface area contributed by atoms with Gasteiger partial charge in [0.25, 0.3) is 5.91 Å². The predicted molar refractivity (Wildman–Crippen MR) is 74.6 cm³/mol. The Morgan fingerprint density at radius 2 is 1.80 bits per heavy atom. The molecule has 0 aliphatic heterocycles. The summed E-state index contributed by atoms with van der Waals surface area (Å²) in [6, 6.07) is 9.52. The summed E-state index contributed by atoms with van der Waals surface area (Å²) in [5.41, 5.74) is 6.74. The zero-order valence-electron chi connectivity index (χ0n) is 10.9. The molecule has 0 aliphatic rings. The average Bonchev–Trinajstić information content (AvgIpc) is 2.38. The molecular weight excluding hydrogens is 262 g/mol. The van der Waals surface area contributed by atoms with Gasteiger partial charge in [-0.15, -0.1) is 0 Å². The van der Waals surface area contributed by atoms with Crippen molar-refractivity contribution in [2.24, 2.45) is 0 Å². The summed E-state index contributed by atoms with van der Waals surface area (Å²) in [6.45, 7) is 2.14. The van der Waals surface area contributed by atoms with Crippen molar-refractivity contribution in [3.05, 3.63) is 59.7 Å². The lowest BCUT2D eigenvalue weighted by atomic mass is 10.1. The molecule has 2 rings (SSSR count). The lowest BCUT2D eigenvalue weighted by Gasteiger charge is -2.21. The number of benzene rings is 2. The molecule has 0 saturated carbocycles. The molecule has 2 aromatic rings. The second-order valence-corrected chi connectivity index (χ2v) is 4.30. The average molecular weight is 276 g/mol. The van der Waals surface area contributed by atoms with E-state index in [0.29, 0.717) is 17.9 Å². The molecule has 0 fully saturated rings. The van der Waals surface area contributed by atoms with E-state index in [9.17, 15) is 13.6 Å². The first-order chi connectivity index (χ1) is 9.51. The van der Waals surface area contributed by atoms with E-state index in [0.717, 1.165) is 18.2 Å². The molecular formula is C15H14F2N2O. The van der Waals surface area contributed by atoms with E-state index >= 15 is 0 Å². The second-order valence-electron chi connectivity index (χ2n) is 4.30. The Kier molecular flexibility index (Phi) is 3.98. The van der Waals surface area contributed by atoms with Crippen molar-refractivity contribution in [1.29, 1.82) is 0 Å². The zero-order valence-corrected chi connectivity index (χ0v) is 10.9. The summed E-state index contributed by atoms with van der Waals surface area (Å²) < 4.78 is 26.4. The molecule has 0 unspecified atom stereocenters. The van der Waals surface area contributed by atoms with Crippen LogP contribution in [0.5, 0.6) is 0 Å². The molecule has 104 valence electrons. The minimum Gasteiger partial charge on any atom is -0.399 e. The van der Waals surface area contributed by atoms with Gasteiger partial charge < -0.3 is 10.6 Å². The molecule has 3 nitrogen and oxygen atoms in total. The van der Waals surface area contributed by atoms with Gasteiger partial charge in [-0.1, -0.05) is 6.07 Å². The topological polar surface area (TPSA) is 46.3 Å². The summed E-state index contributed by atoms with van der Waals surface area (Å²) >= 11 is 0. The molecule has 0 radical (unpaired) electrons. The standard InChI is InChI=1S/C15H14F2N2O/c1-2-19(14-5-3-4-13(18)9-14)15(20)10-6-11(16)8-12(17)7-10/h3-9H,2,18H2,1H3. The number of amides is 1. The molecule has 2 aromatic carbocycles. The maximum absolute atomic E-state index is 13.2. The highest BCUT2D eigenvalue weighted by Gasteiger charge is 2.17. The van der Waals surface area contributed by atoms with Crippen molar-refractivity contribution >= 4 is 17.3 Å². The van der Waals surface area contributed by atoms with Crippen molar-refractivity contribution in [3.63, 3.8) is 0 Å². The van der Waals surface area contributed by atoms with Crippen molar-refractivity contribution in [1.82, 2.24) is 0 Å². The number of nitrogens with two attached hydrogens (primary N) is 1. The summed E-state index contributed by atoms with van der Waals surface area (Å²) in [7, 11) is 0. The highest BCUT2D eigenvalue weighted by Crippen LogP contribution is 2.20. The van der Waals surface area contributed by atoms with Crippen LogP contribution in [0.2, 0.25) is 0 Å². The van der Waals surface area contributed by atoms with Crippen LogP contribution in [0, 0.1) is 11.6 Å². The number of nitrogens with zero attached hydrogens (tertiary/aromatic N) is 1. The normalized spacial score (nSPS) is 10.3. The van der Waals surface area contributed by atoms with Gasteiger partial charge in [-0.05, 0) is 37.3 Å². The number of halogens is 2. The van der Waals surface area contributed by atoms with Crippen LogP contribution in [0.15, 0.2) is 42.5 Å². The minimum atomic E-state index is -0.781. The third-order valence-electron chi connectivity index (χ3n) is 2.85. The van der Waals surface area contributed by atoms with Gasteiger partial charge in [0.05, 0.1) is 0 Å². The smallest absolute Gasteiger partial charge is 0.258 e. The van der Waals surface area contributed by atoms with Crippen molar-refractivity contribution in [3.8, 4) is 0 Å². The predicted octanol–water partition coefficient (Wildman–Crippen LogP) is 3.21. The lowest BCUT2D eigenvalue weighted by Crippen LogP contribution is -2.30. The van der Waals surface area contributed by atoms with Crippen LogP contribution in [0.1, 0.15) is 17.3 Å².